The molecule has 1 aliphatic carbocycles. The van der Waals surface area contributed by atoms with Gasteiger partial charge in [-0.25, -0.2) is 9.97 Å². The van der Waals surface area contributed by atoms with Crippen LogP contribution in [0.2, 0.25) is 0 Å². The predicted octanol–water partition coefficient (Wildman–Crippen LogP) is 5.15. The van der Waals surface area contributed by atoms with Crippen molar-refractivity contribution in [1.82, 2.24) is 24.4 Å². The maximum absolute atomic E-state index is 12.6. The number of phenols is 1. The minimum atomic E-state index is 0.109. The van der Waals surface area contributed by atoms with Crippen molar-refractivity contribution < 1.29 is 9.90 Å². The summed E-state index contributed by atoms with van der Waals surface area (Å²) < 4.78 is 2.01. The molecule has 7 rings (SSSR count). The molecule has 0 bridgehead atoms. The van der Waals surface area contributed by atoms with Crippen molar-refractivity contribution in [3.63, 3.8) is 0 Å². The monoisotopic (exact) mass is 504 g/mol. The lowest BCUT2D eigenvalue weighted by molar-refractivity contribution is -0.133. The number of aromatic hydroxyl groups is 1. The smallest absolute Gasteiger partial charge is 0.225 e. The Balaban J connectivity index is 1.26. The Kier molecular flexibility index (Phi) is 5.46. The first-order chi connectivity index (χ1) is 18.6. The number of anilines is 1. The minimum Gasteiger partial charge on any atom is -0.508 e. The van der Waals surface area contributed by atoms with Crippen molar-refractivity contribution in [2.45, 2.75) is 31.7 Å². The number of hydrogen-bond acceptors (Lipinski definition) is 6. The van der Waals surface area contributed by atoms with E-state index < -0.39 is 0 Å². The molecule has 1 saturated carbocycles. The summed E-state index contributed by atoms with van der Waals surface area (Å²) in [6, 6.07) is 21.7. The lowest BCUT2D eigenvalue weighted by Gasteiger charge is -2.33. The number of carbonyl (C=O) groups is 1. The van der Waals surface area contributed by atoms with Crippen molar-refractivity contribution in [3.8, 4) is 23.0 Å². The van der Waals surface area contributed by atoms with Crippen molar-refractivity contribution in [2.75, 3.05) is 18.4 Å². The zero-order valence-corrected chi connectivity index (χ0v) is 20.9. The highest BCUT2D eigenvalue weighted by Crippen LogP contribution is 2.33. The van der Waals surface area contributed by atoms with Gasteiger partial charge in [0.05, 0.1) is 11.0 Å². The van der Waals surface area contributed by atoms with Gasteiger partial charge in [0.1, 0.15) is 17.4 Å². The first kappa shape index (κ1) is 22.7. The number of nitrogens with one attached hydrogen (secondary N) is 1. The largest absolute Gasteiger partial charge is 0.508 e. The van der Waals surface area contributed by atoms with Crippen LogP contribution in [0.15, 0.2) is 72.9 Å². The molecule has 3 aromatic carbocycles. The Bertz CT molecular complexity index is 1670. The van der Waals surface area contributed by atoms with E-state index in [2.05, 4.69) is 40.6 Å². The average molecular weight is 505 g/mol. The van der Waals surface area contributed by atoms with Gasteiger partial charge in [-0.2, -0.15) is 4.98 Å². The van der Waals surface area contributed by atoms with Gasteiger partial charge in [0.25, 0.3) is 0 Å². The van der Waals surface area contributed by atoms with E-state index in [9.17, 15) is 9.90 Å². The van der Waals surface area contributed by atoms with Crippen molar-refractivity contribution >= 4 is 33.7 Å². The van der Waals surface area contributed by atoms with Gasteiger partial charge in [-0.05, 0) is 60.7 Å². The lowest BCUT2D eigenvalue weighted by atomic mass is 10.1. The van der Waals surface area contributed by atoms with Crippen LogP contribution in [0.4, 0.5) is 5.95 Å². The van der Waals surface area contributed by atoms with Gasteiger partial charge in [-0.1, -0.05) is 36.4 Å². The third kappa shape index (κ3) is 4.22. The first-order valence-electron chi connectivity index (χ1n) is 13.2. The Morgan fingerprint density at radius 3 is 2.68 bits per heavy atom. The third-order valence-electron chi connectivity index (χ3n) is 7.51. The summed E-state index contributed by atoms with van der Waals surface area (Å²) in [4.78, 5) is 28.9. The number of benzene rings is 3. The van der Waals surface area contributed by atoms with Crippen LogP contribution in [0, 0.1) is 5.92 Å². The number of carbonyl (C=O) groups excluding carboxylic acids is 1. The lowest BCUT2D eigenvalue weighted by Crippen LogP contribution is -2.45. The number of nitrogens with zero attached hydrogens (tertiary/aromatic N) is 5. The quantitative estimate of drug-likeness (QED) is 0.344. The zero-order valence-electron chi connectivity index (χ0n) is 20.9. The van der Waals surface area contributed by atoms with E-state index in [4.69, 9.17) is 9.97 Å². The second kappa shape index (κ2) is 9.13. The molecule has 0 unspecified atom stereocenters. The van der Waals surface area contributed by atoms with Crippen LogP contribution in [-0.2, 0) is 4.79 Å². The topological polar surface area (TPSA) is 96.2 Å². The normalized spacial score (nSPS) is 17.7. The summed E-state index contributed by atoms with van der Waals surface area (Å²) in [5, 5.41) is 15.9. The molecule has 2 N–H and O–H groups in total. The van der Waals surface area contributed by atoms with Gasteiger partial charge < -0.3 is 15.3 Å². The summed E-state index contributed by atoms with van der Waals surface area (Å²) >= 11 is 0. The molecule has 1 amide bonds. The fourth-order valence-electron chi connectivity index (χ4n) is 5.43. The minimum absolute atomic E-state index is 0.109. The maximum Gasteiger partial charge on any atom is 0.225 e. The summed E-state index contributed by atoms with van der Waals surface area (Å²) in [6.45, 7) is 1.51. The molecule has 8 heteroatoms. The molecule has 5 aromatic rings. The number of fused-ring (bicyclic) bond motifs is 2. The van der Waals surface area contributed by atoms with Gasteiger partial charge in [0.2, 0.25) is 11.9 Å². The van der Waals surface area contributed by atoms with E-state index in [1.54, 1.807) is 18.3 Å². The number of aromatic nitrogens is 4. The van der Waals surface area contributed by atoms with Crippen molar-refractivity contribution in [2.24, 2.45) is 5.92 Å². The van der Waals surface area contributed by atoms with Gasteiger partial charge >= 0.3 is 0 Å². The van der Waals surface area contributed by atoms with Gasteiger partial charge in [0.15, 0.2) is 0 Å². The summed E-state index contributed by atoms with van der Waals surface area (Å²) in [7, 11) is 0. The average Bonchev–Trinajstić information content (AvgIpc) is 3.73. The fourth-order valence-corrected chi connectivity index (χ4v) is 5.43. The van der Waals surface area contributed by atoms with Crippen LogP contribution in [-0.4, -0.2) is 54.6 Å². The molecule has 2 aromatic heterocycles. The number of amides is 1. The molecule has 0 spiro atoms. The maximum atomic E-state index is 12.6. The Labute approximate surface area is 220 Å². The van der Waals surface area contributed by atoms with E-state index in [1.807, 2.05) is 33.7 Å². The predicted molar refractivity (Wildman–Crippen MR) is 147 cm³/mol. The van der Waals surface area contributed by atoms with Crippen LogP contribution in [0.25, 0.3) is 39.0 Å². The molecule has 1 saturated heterocycles. The third-order valence-corrected chi connectivity index (χ3v) is 7.51. The number of likely N-dealkylation sites (tertiary alicyclic amines) is 1. The van der Waals surface area contributed by atoms with Crippen LogP contribution in [0.1, 0.15) is 25.7 Å². The number of piperidine rings is 1. The molecule has 3 heterocycles. The van der Waals surface area contributed by atoms with Crippen LogP contribution >= 0.6 is 0 Å². The molecule has 1 atom stereocenters. The van der Waals surface area contributed by atoms with Crippen LogP contribution in [0.5, 0.6) is 5.75 Å². The Hall–Kier alpha value is -4.46. The van der Waals surface area contributed by atoms with Crippen molar-refractivity contribution in [1.29, 1.82) is 0 Å². The molecule has 190 valence electrons. The van der Waals surface area contributed by atoms with E-state index in [1.165, 1.54) is 0 Å². The van der Waals surface area contributed by atoms with E-state index >= 15 is 0 Å². The van der Waals surface area contributed by atoms with E-state index in [0.29, 0.717) is 29.7 Å². The summed E-state index contributed by atoms with van der Waals surface area (Å²) in [5.41, 5.74) is 2.48. The molecule has 0 radical (unpaired) electrons. The van der Waals surface area contributed by atoms with Gasteiger partial charge in [-0.15, -0.1) is 0 Å². The molecule has 2 aliphatic rings. The number of rotatable bonds is 5. The Morgan fingerprint density at radius 2 is 1.82 bits per heavy atom. The standard InChI is InChI=1S/C30H28N6O2/c37-24-11-12-26-25(17-24)33-28(22-10-7-19-4-1-2-5-21(19)16-22)36(26)27-13-14-31-30(34-27)32-23-6-3-15-35(18-23)29(38)20-8-9-20/h1-2,4-5,7,10-14,16-17,20,23,37H,3,6,8-9,15,18H2,(H,31,32,34)/t23-/m1/s1. The van der Waals surface area contributed by atoms with Gasteiger partial charge in [0, 0.05) is 42.9 Å². The number of hydrogen-bond donors (Lipinski definition) is 2. The first-order valence-corrected chi connectivity index (χ1v) is 13.2. The van der Waals surface area contributed by atoms with E-state index in [-0.39, 0.29) is 17.7 Å². The summed E-state index contributed by atoms with van der Waals surface area (Å²) in [6.07, 6.45) is 5.73. The molecule has 2 fully saturated rings. The molecular formula is C30H28N6O2. The highest BCUT2D eigenvalue weighted by molar-refractivity contribution is 5.89. The highest BCUT2D eigenvalue weighted by atomic mass is 16.3. The van der Waals surface area contributed by atoms with Crippen LogP contribution < -0.4 is 5.32 Å². The fraction of sp³-hybridized carbons (Fsp3) is 0.267. The second-order valence-corrected chi connectivity index (χ2v) is 10.3. The molecule has 38 heavy (non-hydrogen) atoms. The summed E-state index contributed by atoms with van der Waals surface area (Å²) in [5.74, 6) is 2.63. The molecule has 8 nitrogen and oxygen atoms in total. The zero-order chi connectivity index (χ0) is 25.6. The van der Waals surface area contributed by atoms with E-state index in [0.717, 1.165) is 59.9 Å². The van der Waals surface area contributed by atoms with Crippen molar-refractivity contribution in [3.05, 3.63) is 72.9 Å². The second-order valence-electron chi connectivity index (χ2n) is 10.3. The number of imidazole rings is 1. The Morgan fingerprint density at radius 1 is 0.947 bits per heavy atom. The molecule has 1 aliphatic heterocycles. The number of phenolic OH excluding ortho intramolecular Hbond substituents is 1. The molecular weight excluding hydrogens is 476 g/mol. The highest BCUT2D eigenvalue weighted by Gasteiger charge is 2.35. The van der Waals surface area contributed by atoms with Gasteiger partial charge in [-0.3, -0.25) is 9.36 Å². The van der Waals surface area contributed by atoms with Crippen LogP contribution in [0.3, 0.4) is 0 Å². The SMILES string of the molecule is O=C(C1CC1)N1CCC[C@@H](Nc2nccc(-n3c(-c4ccc5ccccc5c4)nc4cc(O)ccc43)n2)C1.